The average molecular weight is 270 g/mol. The average Bonchev–Trinajstić information content (AvgIpc) is 2.34. The molecule has 98 valence electrons. The van der Waals surface area contributed by atoms with Crippen LogP contribution in [0.3, 0.4) is 0 Å². The maximum Gasteiger partial charge on any atom is 0.210 e. The van der Waals surface area contributed by atoms with Crippen molar-refractivity contribution in [3.63, 3.8) is 0 Å². The van der Waals surface area contributed by atoms with Crippen LogP contribution in [0.2, 0.25) is 0 Å². The van der Waals surface area contributed by atoms with Gasteiger partial charge in [-0.3, -0.25) is 0 Å². The molecule has 1 atom stereocenters. The first-order valence-corrected chi connectivity index (χ1v) is 6.89. The maximum absolute atomic E-state index is 11.2. The molecular weight excluding hydrogens is 256 g/mol. The van der Waals surface area contributed by atoms with Crippen LogP contribution in [-0.4, -0.2) is 28.9 Å². The summed E-state index contributed by atoms with van der Waals surface area (Å²) in [5.74, 6) is 0.930. The van der Waals surface area contributed by atoms with Crippen molar-refractivity contribution in [1.82, 2.24) is 4.72 Å². The lowest BCUT2D eigenvalue weighted by molar-refractivity contribution is 0.396. The molecule has 1 aromatic carbocycles. The van der Waals surface area contributed by atoms with Gasteiger partial charge in [0.1, 0.15) is 17.5 Å². The topological polar surface area (TPSA) is 88.4 Å². The van der Waals surface area contributed by atoms with E-state index in [1.165, 1.54) is 14.2 Å². The van der Waals surface area contributed by atoms with Crippen LogP contribution >= 0.6 is 0 Å². The van der Waals surface area contributed by atoms with Gasteiger partial charge in [-0.25, -0.2) is 8.42 Å². The summed E-state index contributed by atoms with van der Waals surface area (Å²) in [6, 6.07) is 5.69. The fraction of sp³-hybridized carbons (Fsp3) is 0.364. The summed E-state index contributed by atoms with van der Waals surface area (Å²) >= 11 is 0. The second-order valence-corrected chi connectivity index (χ2v) is 5.34. The van der Waals surface area contributed by atoms with E-state index >= 15 is 0 Å². The van der Waals surface area contributed by atoms with Crippen molar-refractivity contribution in [3.8, 4) is 17.6 Å². The van der Waals surface area contributed by atoms with Crippen molar-refractivity contribution in [3.05, 3.63) is 23.8 Å². The minimum Gasteiger partial charge on any atom is -0.497 e. The lowest BCUT2D eigenvalue weighted by Gasteiger charge is -2.15. The van der Waals surface area contributed by atoms with Gasteiger partial charge in [0.2, 0.25) is 10.0 Å². The van der Waals surface area contributed by atoms with Gasteiger partial charge in [-0.05, 0) is 18.2 Å². The number of ether oxygens (including phenoxy) is 2. The first-order chi connectivity index (χ1) is 8.41. The van der Waals surface area contributed by atoms with E-state index in [1.807, 2.05) is 6.07 Å². The molecular formula is C11H14N2O4S. The van der Waals surface area contributed by atoms with E-state index in [1.54, 1.807) is 18.2 Å². The number of rotatable bonds is 5. The smallest absolute Gasteiger partial charge is 0.210 e. The Bertz CT molecular complexity index is 563. The molecule has 0 fully saturated rings. The predicted molar refractivity (Wildman–Crippen MR) is 65.9 cm³/mol. The summed E-state index contributed by atoms with van der Waals surface area (Å²) in [6.45, 7) is 0. The van der Waals surface area contributed by atoms with Gasteiger partial charge in [-0.15, -0.1) is 0 Å². The van der Waals surface area contributed by atoms with Crippen molar-refractivity contribution >= 4 is 10.0 Å². The molecule has 1 aromatic rings. The highest BCUT2D eigenvalue weighted by Gasteiger charge is 2.20. The molecule has 0 aliphatic carbocycles. The van der Waals surface area contributed by atoms with Crippen LogP contribution in [0, 0.1) is 11.3 Å². The molecule has 0 aliphatic heterocycles. The highest BCUT2D eigenvalue weighted by molar-refractivity contribution is 7.88. The van der Waals surface area contributed by atoms with Crippen LogP contribution in [0.5, 0.6) is 11.5 Å². The molecule has 1 unspecified atom stereocenters. The molecule has 1 rings (SSSR count). The molecule has 0 amide bonds. The fourth-order valence-electron chi connectivity index (χ4n) is 1.44. The Kier molecular flexibility index (Phi) is 4.53. The minimum atomic E-state index is -3.50. The number of methoxy groups -OCH3 is 2. The third-order valence-corrected chi connectivity index (χ3v) is 2.87. The normalized spacial score (nSPS) is 12.6. The van der Waals surface area contributed by atoms with Crippen molar-refractivity contribution < 1.29 is 17.9 Å². The Morgan fingerprint density at radius 3 is 2.44 bits per heavy atom. The fourth-order valence-corrected chi connectivity index (χ4v) is 2.05. The van der Waals surface area contributed by atoms with Crippen LogP contribution in [0.25, 0.3) is 0 Å². The Labute approximate surface area is 106 Å². The highest BCUT2D eigenvalue weighted by atomic mass is 32.2. The molecule has 0 aromatic heterocycles. The third kappa shape index (κ3) is 3.61. The lowest BCUT2D eigenvalue weighted by Crippen LogP contribution is -2.26. The summed E-state index contributed by atoms with van der Waals surface area (Å²) in [6.07, 6.45) is 0.990. The second-order valence-electron chi connectivity index (χ2n) is 3.56. The van der Waals surface area contributed by atoms with Crippen LogP contribution in [0.1, 0.15) is 11.6 Å². The van der Waals surface area contributed by atoms with Gasteiger partial charge in [0.05, 0.1) is 26.5 Å². The summed E-state index contributed by atoms with van der Waals surface area (Å²) in [5, 5.41) is 9.05. The lowest BCUT2D eigenvalue weighted by atomic mass is 10.1. The first-order valence-electron chi connectivity index (χ1n) is 5.00. The largest absolute Gasteiger partial charge is 0.497 e. The molecule has 0 radical (unpaired) electrons. The summed E-state index contributed by atoms with van der Waals surface area (Å²) in [4.78, 5) is 0. The zero-order valence-corrected chi connectivity index (χ0v) is 11.1. The standard InChI is InChI=1S/C11H14N2O4S/c1-16-8-4-5-11(17-2)9(6-8)10(7-12)13-18(3,14)15/h4-6,10,13H,1-3H3. The molecule has 0 saturated heterocycles. The van der Waals surface area contributed by atoms with Gasteiger partial charge in [0, 0.05) is 5.56 Å². The number of nitrogens with one attached hydrogen (secondary N) is 1. The van der Waals surface area contributed by atoms with Gasteiger partial charge >= 0.3 is 0 Å². The molecule has 0 spiro atoms. The quantitative estimate of drug-likeness (QED) is 0.855. The van der Waals surface area contributed by atoms with E-state index in [0.717, 1.165) is 6.26 Å². The Hall–Kier alpha value is -1.78. The molecule has 7 heteroatoms. The maximum atomic E-state index is 11.2. The Morgan fingerprint density at radius 1 is 1.33 bits per heavy atom. The van der Waals surface area contributed by atoms with Crippen LogP contribution in [-0.2, 0) is 10.0 Å². The van der Waals surface area contributed by atoms with Crippen molar-refractivity contribution in [2.24, 2.45) is 0 Å². The summed E-state index contributed by atoms with van der Waals surface area (Å²) in [5.41, 5.74) is 0.407. The Balaban J connectivity index is 3.23. The monoisotopic (exact) mass is 270 g/mol. The molecule has 6 nitrogen and oxygen atoms in total. The van der Waals surface area contributed by atoms with E-state index in [9.17, 15) is 8.42 Å². The second kappa shape index (κ2) is 5.71. The van der Waals surface area contributed by atoms with E-state index in [4.69, 9.17) is 14.7 Å². The molecule has 1 N–H and O–H groups in total. The van der Waals surface area contributed by atoms with Gasteiger partial charge in [0.15, 0.2) is 0 Å². The van der Waals surface area contributed by atoms with Gasteiger partial charge in [-0.1, -0.05) is 0 Å². The zero-order chi connectivity index (χ0) is 13.8. The van der Waals surface area contributed by atoms with E-state index in [-0.39, 0.29) is 0 Å². The number of sulfonamides is 1. The summed E-state index contributed by atoms with van der Waals surface area (Å²) < 4.78 is 34.7. The highest BCUT2D eigenvalue weighted by Crippen LogP contribution is 2.29. The minimum absolute atomic E-state index is 0.407. The van der Waals surface area contributed by atoms with E-state index < -0.39 is 16.1 Å². The van der Waals surface area contributed by atoms with E-state index in [0.29, 0.717) is 17.1 Å². The van der Waals surface area contributed by atoms with Gasteiger partial charge in [0.25, 0.3) is 0 Å². The Morgan fingerprint density at radius 2 is 2.00 bits per heavy atom. The van der Waals surface area contributed by atoms with Crippen molar-refractivity contribution in [2.45, 2.75) is 6.04 Å². The number of hydrogen-bond acceptors (Lipinski definition) is 5. The number of hydrogen-bond donors (Lipinski definition) is 1. The third-order valence-electron chi connectivity index (χ3n) is 2.21. The van der Waals surface area contributed by atoms with Gasteiger partial charge < -0.3 is 9.47 Å². The predicted octanol–water partition coefficient (Wildman–Crippen LogP) is 0.818. The van der Waals surface area contributed by atoms with Crippen molar-refractivity contribution in [2.75, 3.05) is 20.5 Å². The molecule has 0 heterocycles. The number of benzene rings is 1. The van der Waals surface area contributed by atoms with Gasteiger partial charge in [-0.2, -0.15) is 9.98 Å². The number of nitriles is 1. The van der Waals surface area contributed by atoms with Crippen LogP contribution in [0.15, 0.2) is 18.2 Å². The molecule has 0 aliphatic rings. The first kappa shape index (κ1) is 14.3. The molecule has 0 saturated carbocycles. The van der Waals surface area contributed by atoms with E-state index in [2.05, 4.69) is 4.72 Å². The molecule has 0 bridgehead atoms. The van der Waals surface area contributed by atoms with Crippen LogP contribution < -0.4 is 14.2 Å². The number of nitrogens with zero attached hydrogens (tertiary/aromatic N) is 1. The zero-order valence-electron chi connectivity index (χ0n) is 10.3. The summed E-state index contributed by atoms with van der Waals surface area (Å²) in [7, 11) is -0.569. The SMILES string of the molecule is COc1ccc(OC)c(C(C#N)NS(C)(=O)=O)c1. The molecule has 18 heavy (non-hydrogen) atoms. The van der Waals surface area contributed by atoms with Crippen LogP contribution in [0.4, 0.5) is 0 Å². The van der Waals surface area contributed by atoms with Crippen molar-refractivity contribution in [1.29, 1.82) is 5.26 Å².